The molecular weight excluding hydrogens is 400 g/mol. The van der Waals surface area contributed by atoms with Crippen LogP contribution in [0.15, 0.2) is 53.7 Å². The summed E-state index contributed by atoms with van der Waals surface area (Å²) < 4.78 is 7.29. The molecule has 0 aliphatic carbocycles. The number of Topliss-reactive ketones (excluding diaryl/α,β-unsaturated/α-hetero) is 1. The maximum Gasteiger partial charge on any atom is 0.234 e. The molecule has 0 radical (unpaired) electrons. The Balaban J connectivity index is 1.55. The lowest BCUT2D eigenvalue weighted by atomic mass is 10.1. The Kier molecular flexibility index (Phi) is 5.41. The Hall–Kier alpha value is -3.39. The number of amides is 1. The number of hydrogen-bond acceptors (Lipinski definition) is 6. The van der Waals surface area contributed by atoms with Gasteiger partial charge in [-0.1, -0.05) is 11.8 Å². The van der Waals surface area contributed by atoms with E-state index < -0.39 is 0 Å². The topological polar surface area (TPSA) is 85.6 Å². The second-order valence-corrected chi connectivity index (χ2v) is 7.81. The Morgan fingerprint density at radius 3 is 2.57 bits per heavy atom. The van der Waals surface area contributed by atoms with Crippen molar-refractivity contribution in [1.82, 2.24) is 14.6 Å². The molecule has 1 N–H and O–H groups in total. The van der Waals surface area contributed by atoms with Gasteiger partial charge in [-0.05, 0) is 67.9 Å². The third-order valence-corrected chi connectivity index (χ3v) is 5.67. The summed E-state index contributed by atoms with van der Waals surface area (Å²) in [5, 5.41) is 13.1. The minimum absolute atomic E-state index is 0.0118. The molecule has 0 fully saturated rings. The van der Waals surface area contributed by atoms with Gasteiger partial charge >= 0.3 is 0 Å². The van der Waals surface area contributed by atoms with Crippen LogP contribution in [0.4, 0.5) is 5.69 Å². The fraction of sp³-hybridized carbons (Fsp3) is 0.182. The number of aryl methyl sites for hydroxylation is 1. The number of methoxy groups -OCH3 is 1. The number of carbonyl (C=O) groups is 2. The second kappa shape index (κ2) is 8.16. The van der Waals surface area contributed by atoms with Crippen LogP contribution < -0.4 is 10.1 Å². The first kappa shape index (κ1) is 19.9. The van der Waals surface area contributed by atoms with E-state index in [0.29, 0.717) is 16.4 Å². The summed E-state index contributed by atoms with van der Waals surface area (Å²) >= 11 is 1.32. The van der Waals surface area contributed by atoms with Crippen molar-refractivity contribution in [2.45, 2.75) is 19.0 Å². The number of pyridine rings is 1. The van der Waals surface area contributed by atoms with Crippen molar-refractivity contribution in [3.8, 4) is 5.75 Å². The lowest BCUT2D eigenvalue weighted by molar-refractivity contribution is -0.113. The maximum atomic E-state index is 12.4. The summed E-state index contributed by atoms with van der Waals surface area (Å²) in [5.74, 6) is 0.785. The molecule has 1 amide bonds. The normalized spacial score (nSPS) is 11.0. The molecule has 0 bridgehead atoms. The van der Waals surface area contributed by atoms with E-state index in [0.717, 1.165) is 27.9 Å². The highest BCUT2D eigenvalue weighted by Gasteiger charge is 2.14. The molecule has 4 rings (SSSR count). The number of aromatic nitrogens is 3. The fourth-order valence-corrected chi connectivity index (χ4v) is 3.97. The van der Waals surface area contributed by atoms with Gasteiger partial charge in [0.25, 0.3) is 0 Å². The van der Waals surface area contributed by atoms with Crippen molar-refractivity contribution < 1.29 is 14.3 Å². The molecule has 30 heavy (non-hydrogen) atoms. The molecule has 0 saturated heterocycles. The molecule has 0 aliphatic rings. The van der Waals surface area contributed by atoms with Crippen LogP contribution in [0.5, 0.6) is 5.75 Å². The van der Waals surface area contributed by atoms with Gasteiger partial charge in [0.2, 0.25) is 5.91 Å². The third kappa shape index (κ3) is 3.86. The first-order valence-corrected chi connectivity index (χ1v) is 10.3. The van der Waals surface area contributed by atoms with Crippen LogP contribution in [0.1, 0.15) is 22.8 Å². The quantitative estimate of drug-likeness (QED) is 0.373. The Morgan fingerprint density at radius 1 is 1.10 bits per heavy atom. The molecule has 0 saturated carbocycles. The van der Waals surface area contributed by atoms with E-state index in [9.17, 15) is 9.59 Å². The fourth-order valence-electron chi connectivity index (χ4n) is 3.23. The van der Waals surface area contributed by atoms with Crippen LogP contribution in [-0.2, 0) is 4.79 Å². The minimum Gasteiger partial charge on any atom is -0.497 e. The summed E-state index contributed by atoms with van der Waals surface area (Å²) in [5.41, 5.74) is 3.95. The first-order valence-electron chi connectivity index (χ1n) is 9.32. The molecule has 0 atom stereocenters. The molecule has 152 valence electrons. The molecule has 0 unspecified atom stereocenters. The smallest absolute Gasteiger partial charge is 0.234 e. The SMILES string of the molecule is COc1ccc2c(c1)cc(C)c1nnc(SCC(=O)Nc3ccc(C(C)=O)cc3)n12. The monoisotopic (exact) mass is 420 g/mol. The zero-order chi connectivity index (χ0) is 21.3. The molecule has 4 aromatic rings. The molecule has 2 aromatic carbocycles. The Bertz CT molecular complexity index is 1270. The number of anilines is 1. The largest absolute Gasteiger partial charge is 0.497 e. The summed E-state index contributed by atoms with van der Waals surface area (Å²) in [6, 6.07) is 14.7. The number of ketones is 1. The summed E-state index contributed by atoms with van der Waals surface area (Å²) in [6.45, 7) is 3.49. The van der Waals surface area contributed by atoms with Crippen molar-refractivity contribution in [3.63, 3.8) is 0 Å². The van der Waals surface area contributed by atoms with Gasteiger partial charge in [0.1, 0.15) is 5.75 Å². The summed E-state index contributed by atoms with van der Waals surface area (Å²) in [7, 11) is 1.64. The van der Waals surface area contributed by atoms with Gasteiger partial charge in [0.05, 0.1) is 18.4 Å². The highest BCUT2D eigenvalue weighted by atomic mass is 32.2. The van der Waals surface area contributed by atoms with Crippen LogP contribution in [0.2, 0.25) is 0 Å². The lowest BCUT2D eigenvalue weighted by Crippen LogP contribution is -2.14. The zero-order valence-corrected chi connectivity index (χ0v) is 17.6. The number of fused-ring (bicyclic) bond motifs is 3. The first-order chi connectivity index (χ1) is 14.5. The molecule has 2 aromatic heterocycles. The molecule has 2 heterocycles. The van der Waals surface area contributed by atoms with Crippen molar-refractivity contribution in [3.05, 3.63) is 59.7 Å². The van der Waals surface area contributed by atoms with Gasteiger partial charge in [-0.25, -0.2) is 0 Å². The predicted octanol–water partition coefficient (Wildman–Crippen LogP) is 4.13. The minimum atomic E-state index is -0.161. The van der Waals surface area contributed by atoms with Gasteiger partial charge in [-0.2, -0.15) is 0 Å². The average Bonchev–Trinajstić information content (AvgIpc) is 3.17. The van der Waals surface area contributed by atoms with E-state index >= 15 is 0 Å². The lowest BCUT2D eigenvalue weighted by Gasteiger charge is -2.09. The number of nitrogens with zero attached hydrogens (tertiary/aromatic N) is 3. The molecule has 7 nitrogen and oxygen atoms in total. The standard InChI is InChI=1S/C22H20N4O3S/c1-13-10-16-11-18(29-3)8-9-19(16)26-21(13)24-25-22(26)30-12-20(28)23-17-6-4-15(5-7-17)14(2)27/h4-11H,12H2,1-3H3,(H,23,28). The number of nitrogens with one attached hydrogen (secondary N) is 1. The van der Waals surface area contributed by atoms with Crippen LogP contribution in [0.3, 0.4) is 0 Å². The summed E-state index contributed by atoms with van der Waals surface area (Å²) in [4.78, 5) is 23.8. The van der Waals surface area contributed by atoms with Crippen LogP contribution in [0.25, 0.3) is 16.6 Å². The van der Waals surface area contributed by atoms with Gasteiger partial charge in [-0.15, -0.1) is 10.2 Å². The zero-order valence-electron chi connectivity index (χ0n) is 16.8. The number of benzene rings is 2. The van der Waals surface area contributed by atoms with Crippen molar-refractivity contribution in [2.24, 2.45) is 0 Å². The summed E-state index contributed by atoms with van der Waals surface area (Å²) in [6.07, 6.45) is 0. The van der Waals surface area contributed by atoms with E-state index in [1.165, 1.54) is 18.7 Å². The van der Waals surface area contributed by atoms with E-state index in [2.05, 4.69) is 15.5 Å². The van der Waals surface area contributed by atoms with Crippen LogP contribution in [0, 0.1) is 6.92 Å². The van der Waals surface area contributed by atoms with Crippen molar-refractivity contribution in [1.29, 1.82) is 0 Å². The van der Waals surface area contributed by atoms with Crippen LogP contribution >= 0.6 is 11.8 Å². The average molecular weight is 420 g/mol. The molecular formula is C22H20N4O3S. The number of rotatable bonds is 6. The van der Waals surface area contributed by atoms with Gasteiger partial charge in [0, 0.05) is 16.6 Å². The van der Waals surface area contributed by atoms with Gasteiger partial charge < -0.3 is 10.1 Å². The van der Waals surface area contributed by atoms with Crippen molar-refractivity contribution in [2.75, 3.05) is 18.2 Å². The third-order valence-electron chi connectivity index (χ3n) is 4.74. The van der Waals surface area contributed by atoms with E-state index in [1.54, 1.807) is 31.4 Å². The van der Waals surface area contributed by atoms with Crippen molar-refractivity contribution >= 4 is 45.7 Å². The van der Waals surface area contributed by atoms with E-state index in [4.69, 9.17) is 4.74 Å². The molecule has 0 aliphatic heterocycles. The van der Waals surface area contributed by atoms with E-state index in [-0.39, 0.29) is 17.4 Å². The second-order valence-electron chi connectivity index (χ2n) is 6.86. The number of hydrogen-bond donors (Lipinski definition) is 1. The molecule has 8 heteroatoms. The number of carbonyl (C=O) groups excluding carboxylic acids is 2. The highest BCUT2D eigenvalue weighted by molar-refractivity contribution is 7.99. The number of thioether (sulfide) groups is 1. The van der Waals surface area contributed by atoms with Gasteiger partial charge in [0.15, 0.2) is 16.6 Å². The highest BCUT2D eigenvalue weighted by Crippen LogP contribution is 2.28. The number of ether oxygens (including phenoxy) is 1. The van der Waals surface area contributed by atoms with Crippen LogP contribution in [-0.4, -0.2) is 39.2 Å². The maximum absolute atomic E-state index is 12.4. The predicted molar refractivity (Wildman–Crippen MR) is 118 cm³/mol. The Labute approximate surface area is 177 Å². The van der Waals surface area contributed by atoms with Gasteiger partial charge in [-0.3, -0.25) is 14.0 Å². The van der Waals surface area contributed by atoms with E-state index in [1.807, 2.05) is 35.6 Å². The Morgan fingerprint density at radius 2 is 1.87 bits per heavy atom. The molecule has 0 spiro atoms.